The van der Waals surface area contributed by atoms with Crippen LogP contribution in [0.15, 0.2) is 34.0 Å². The van der Waals surface area contributed by atoms with Gasteiger partial charge in [-0.1, -0.05) is 6.42 Å². The molecule has 0 aliphatic carbocycles. The number of hydrogen-bond donors (Lipinski definition) is 2. The van der Waals surface area contributed by atoms with Crippen LogP contribution in [0.2, 0.25) is 0 Å². The lowest BCUT2D eigenvalue weighted by Gasteiger charge is -2.27. The zero-order valence-electron chi connectivity index (χ0n) is 14.3. The van der Waals surface area contributed by atoms with Crippen molar-refractivity contribution in [2.75, 3.05) is 13.1 Å². The van der Waals surface area contributed by atoms with E-state index in [1.54, 1.807) is 0 Å². The van der Waals surface area contributed by atoms with Crippen LogP contribution >= 0.6 is 7.75 Å². The third-order valence-corrected chi connectivity index (χ3v) is 7.34. The van der Waals surface area contributed by atoms with Gasteiger partial charge >= 0.3 is 13.9 Å². The molecule has 1 saturated heterocycles. The average molecular weight is 440 g/mol. The van der Waals surface area contributed by atoms with Gasteiger partial charge in [-0.05, 0) is 31.0 Å². The van der Waals surface area contributed by atoms with E-state index in [-0.39, 0.29) is 22.8 Å². The first-order chi connectivity index (χ1) is 12.8. The molecule has 2 heterocycles. The molecule has 1 aliphatic heterocycles. The first-order valence-electron chi connectivity index (χ1n) is 8.17. The van der Waals surface area contributed by atoms with Crippen LogP contribution in [-0.4, -0.2) is 39.9 Å². The van der Waals surface area contributed by atoms with Crippen molar-refractivity contribution < 1.29 is 35.9 Å². The molecule has 0 unspecified atom stereocenters. The highest BCUT2D eigenvalue weighted by Gasteiger charge is 2.40. The second-order valence-electron chi connectivity index (χ2n) is 6.37. The lowest BCUT2D eigenvalue weighted by molar-refractivity contribution is -0.139. The van der Waals surface area contributed by atoms with E-state index < -0.39 is 45.5 Å². The molecule has 0 spiro atoms. The Balaban J connectivity index is 2.37. The third kappa shape index (κ3) is 3.74. The van der Waals surface area contributed by atoms with Gasteiger partial charge in [0.2, 0.25) is 10.0 Å². The fraction of sp³-hybridized carbons (Fsp3) is 0.400. The summed E-state index contributed by atoms with van der Waals surface area (Å²) in [5, 5.41) is -0.216. The summed E-state index contributed by atoms with van der Waals surface area (Å²) < 4.78 is 79.1. The molecule has 2 aromatic rings. The largest absolute Gasteiger partial charge is 0.437 e. The van der Waals surface area contributed by atoms with E-state index in [4.69, 9.17) is 0 Å². The number of pyridine rings is 1. The highest BCUT2D eigenvalue weighted by Crippen LogP contribution is 2.42. The first-order valence-corrected chi connectivity index (χ1v) is 11.2. The molecule has 0 radical (unpaired) electrons. The number of nitrogens with zero attached hydrogens (tertiary/aromatic N) is 2. The standard InChI is InChI=1S/C15H16F3N2O6PS/c16-15(17,18)11-9-12-10(4-5-14(21)20(12)27(22,23)24)8-13(11)28(25,26)19-6-2-1-3-7-19/h4-5,8-9H,1-3,6-7H2,(H2,22,23,24). The molecule has 1 aliphatic rings. The van der Waals surface area contributed by atoms with E-state index in [1.807, 2.05) is 0 Å². The zero-order valence-corrected chi connectivity index (χ0v) is 16.0. The molecule has 1 aromatic carbocycles. The van der Waals surface area contributed by atoms with Gasteiger partial charge in [0.1, 0.15) is 0 Å². The van der Waals surface area contributed by atoms with E-state index in [9.17, 15) is 40.7 Å². The third-order valence-electron chi connectivity index (χ3n) is 4.47. The minimum Gasteiger partial charge on any atom is -0.308 e. The highest BCUT2D eigenvalue weighted by molar-refractivity contribution is 7.89. The molecule has 8 nitrogen and oxygen atoms in total. The smallest absolute Gasteiger partial charge is 0.308 e. The molecule has 13 heteroatoms. The van der Waals surface area contributed by atoms with Crippen LogP contribution in [-0.2, 0) is 20.8 Å². The van der Waals surface area contributed by atoms with Crippen molar-refractivity contribution in [1.29, 1.82) is 0 Å². The molecular weight excluding hydrogens is 424 g/mol. The van der Waals surface area contributed by atoms with E-state index >= 15 is 0 Å². The quantitative estimate of drug-likeness (QED) is 0.707. The SMILES string of the molecule is O=c1ccc2cc(S(=O)(=O)N3CCCCC3)c(C(F)(F)F)cc2n1P(=O)(O)O. The van der Waals surface area contributed by atoms with Gasteiger partial charge in [0.25, 0.3) is 5.56 Å². The van der Waals surface area contributed by atoms with Gasteiger partial charge < -0.3 is 9.79 Å². The number of benzene rings is 1. The maximum atomic E-state index is 13.6. The summed E-state index contributed by atoms with van der Waals surface area (Å²) in [6, 6.07) is 2.78. The van der Waals surface area contributed by atoms with E-state index in [2.05, 4.69) is 0 Å². The maximum absolute atomic E-state index is 13.6. The van der Waals surface area contributed by atoms with Gasteiger partial charge in [0.15, 0.2) is 0 Å². The van der Waals surface area contributed by atoms with Crippen molar-refractivity contribution in [3.63, 3.8) is 0 Å². The number of rotatable bonds is 3. The van der Waals surface area contributed by atoms with Crippen LogP contribution in [0.4, 0.5) is 13.2 Å². The molecule has 0 amide bonds. The molecule has 28 heavy (non-hydrogen) atoms. The second kappa shape index (κ2) is 6.96. The number of aromatic nitrogens is 1. The lowest BCUT2D eigenvalue weighted by atomic mass is 10.1. The second-order valence-corrected chi connectivity index (χ2v) is 9.70. The Kier molecular flexibility index (Phi) is 5.22. The number of halogens is 3. The van der Waals surface area contributed by atoms with Gasteiger partial charge in [-0.2, -0.15) is 17.5 Å². The molecule has 2 N–H and O–H groups in total. The Morgan fingerprint density at radius 1 is 1.04 bits per heavy atom. The summed E-state index contributed by atoms with van der Waals surface area (Å²) in [6.07, 6.45) is -3.32. The van der Waals surface area contributed by atoms with Crippen molar-refractivity contribution >= 4 is 28.7 Å². The molecule has 154 valence electrons. The van der Waals surface area contributed by atoms with Crippen molar-refractivity contribution in [2.24, 2.45) is 0 Å². The average Bonchev–Trinajstić information content (AvgIpc) is 2.59. The summed E-state index contributed by atoms with van der Waals surface area (Å²) in [4.78, 5) is 29.5. The molecule has 0 bridgehead atoms. The van der Waals surface area contributed by atoms with E-state index in [0.29, 0.717) is 25.0 Å². The molecule has 0 saturated carbocycles. The zero-order chi connectivity index (χ0) is 20.9. The monoisotopic (exact) mass is 440 g/mol. The summed E-state index contributed by atoms with van der Waals surface area (Å²) >= 11 is 0. The van der Waals surface area contributed by atoms with Crippen LogP contribution in [0.5, 0.6) is 0 Å². The minimum atomic E-state index is -5.28. The lowest BCUT2D eigenvalue weighted by Crippen LogP contribution is -2.36. The van der Waals surface area contributed by atoms with Crippen LogP contribution < -0.4 is 5.56 Å². The van der Waals surface area contributed by atoms with Crippen LogP contribution in [0.1, 0.15) is 24.8 Å². The Morgan fingerprint density at radius 2 is 1.64 bits per heavy atom. The Bertz CT molecular complexity index is 1130. The Labute approximate surface area is 157 Å². The number of sulfonamides is 1. The first kappa shape index (κ1) is 21.0. The van der Waals surface area contributed by atoms with Crippen LogP contribution in [0.25, 0.3) is 10.9 Å². The van der Waals surface area contributed by atoms with Crippen molar-refractivity contribution in [2.45, 2.75) is 30.3 Å². The number of piperidine rings is 1. The van der Waals surface area contributed by atoms with Gasteiger partial charge in [-0.25, -0.2) is 17.3 Å². The van der Waals surface area contributed by atoms with E-state index in [1.165, 1.54) is 0 Å². The van der Waals surface area contributed by atoms with Crippen molar-refractivity contribution in [3.8, 4) is 0 Å². The molecular formula is C15H16F3N2O6PS. The number of hydrogen-bond acceptors (Lipinski definition) is 4. The summed E-state index contributed by atoms with van der Waals surface area (Å²) in [5.74, 6) is 0. The highest BCUT2D eigenvalue weighted by atomic mass is 32.2. The topological polar surface area (TPSA) is 117 Å². The number of fused-ring (bicyclic) bond motifs is 1. The summed E-state index contributed by atoms with van der Waals surface area (Å²) in [5.41, 5.74) is -3.50. The van der Waals surface area contributed by atoms with Gasteiger partial charge in [0, 0.05) is 24.5 Å². The molecule has 1 aromatic heterocycles. The van der Waals surface area contributed by atoms with Crippen LogP contribution in [0.3, 0.4) is 0 Å². The maximum Gasteiger partial charge on any atom is 0.437 e. The van der Waals surface area contributed by atoms with Crippen molar-refractivity contribution in [1.82, 2.24) is 8.64 Å². The van der Waals surface area contributed by atoms with Gasteiger partial charge in [-0.15, -0.1) is 0 Å². The predicted octanol–water partition coefficient (Wildman–Crippen LogP) is 2.14. The fourth-order valence-electron chi connectivity index (χ4n) is 3.20. The molecule has 1 fully saturated rings. The minimum absolute atomic E-state index is 0.0745. The fourth-order valence-corrected chi connectivity index (χ4v) is 5.72. The van der Waals surface area contributed by atoms with Gasteiger partial charge in [0.05, 0.1) is 16.0 Å². The Morgan fingerprint density at radius 3 is 2.18 bits per heavy atom. The normalized spacial score (nSPS) is 17.2. The summed E-state index contributed by atoms with van der Waals surface area (Å²) in [6.45, 7) is 0.166. The molecule has 3 rings (SSSR count). The van der Waals surface area contributed by atoms with Crippen LogP contribution in [0, 0.1) is 0 Å². The van der Waals surface area contributed by atoms with Crippen molar-refractivity contribution in [3.05, 3.63) is 40.2 Å². The number of alkyl halides is 3. The summed E-state index contributed by atoms with van der Waals surface area (Å²) in [7, 11) is -9.77. The Hall–Kier alpha value is -1.72. The molecule has 0 atom stereocenters. The van der Waals surface area contributed by atoms with Gasteiger partial charge in [-0.3, -0.25) is 4.79 Å². The van der Waals surface area contributed by atoms with E-state index in [0.717, 1.165) is 22.9 Å². The predicted molar refractivity (Wildman–Crippen MR) is 93.3 cm³/mol.